The van der Waals surface area contributed by atoms with E-state index in [4.69, 9.17) is 0 Å². The van der Waals surface area contributed by atoms with E-state index in [0.29, 0.717) is 5.82 Å². The molecule has 0 spiro atoms. The SMILES string of the molecule is C[C@@H](c1ccc2ncccc2c1)c1nnc2c(F)cc(-c3cnn(C)c3)cn12. The third kappa shape index (κ3) is 2.63. The number of aryl methyl sites for hydroxylation is 1. The molecule has 5 aromatic rings. The molecule has 6 nitrogen and oxygen atoms in total. The van der Waals surface area contributed by atoms with Crippen molar-refractivity contribution in [2.24, 2.45) is 7.05 Å². The summed E-state index contributed by atoms with van der Waals surface area (Å²) < 4.78 is 18.1. The lowest BCUT2D eigenvalue weighted by atomic mass is 9.98. The van der Waals surface area contributed by atoms with Gasteiger partial charge in [0.25, 0.3) is 0 Å². The average molecular weight is 372 g/mol. The molecular weight excluding hydrogens is 355 g/mol. The zero-order valence-electron chi connectivity index (χ0n) is 15.4. The Labute approximate surface area is 160 Å². The van der Waals surface area contributed by atoms with Crippen LogP contribution in [-0.2, 0) is 7.05 Å². The molecule has 1 atom stereocenters. The molecule has 4 aromatic heterocycles. The fraction of sp³-hybridized carbons (Fsp3) is 0.143. The van der Waals surface area contributed by atoms with Crippen molar-refractivity contribution in [1.29, 1.82) is 0 Å². The molecular formula is C21H17FN6. The average Bonchev–Trinajstić information content (AvgIpc) is 3.33. The van der Waals surface area contributed by atoms with Gasteiger partial charge in [-0.15, -0.1) is 10.2 Å². The van der Waals surface area contributed by atoms with Crippen LogP contribution in [0.4, 0.5) is 4.39 Å². The first kappa shape index (κ1) is 16.6. The molecule has 0 aliphatic rings. The Kier molecular flexibility index (Phi) is 3.68. The van der Waals surface area contributed by atoms with Gasteiger partial charge >= 0.3 is 0 Å². The van der Waals surface area contributed by atoms with Gasteiger partial charge in [0.2, 0.25) is 0 Å². The van der Waals surface area contributed by atoms with E-state index in [1.807, 2.05) is 50.6 Å². The zero-order chi connectivity index (χ0) is 19.3. The van der Waals surface area contributed by atoms with E-state index in [9.17, 15) is 4.39 Å². The number of halogens is 1. The molecule has 0 bridgehead atoms. The number of hydrogen-bond acceptors (Lipinski definition) is 4. The van der Waals surface area contributed by atoms with Crippen molar-refractivity contribution in [1.82, 2.24) is 29.4 Å². The molecule has 0 aliphatic carbocycles. The maximum atomic E-state index is 14.7. The van der Waals surface area contributed by atoms with E-state index in [0.717, 1.165) is 27.6 Å². The second kappa shape index (κ2) is 6.23. The van der Waals surface area contributed by atoms with Crippen LogP contribution in [0.25, 0.3) is 27.7 Å². The van der Waals surface area contributed by atoms with Gasteiger partial charge in [-0.25, -0.2) is 4.39 Å². The lowest BCUT2D eigenvalue weighted by Gasteiger charge is -2.12. The number of rotatable bonds is 3. The van der Waals surface area contributed by atoms with E-state index in [1.165, 1.54) is 6.07 Å². The first-order valence-electron chi connectivity index (χ1n) is 8.98. The van der Waals surface area contributed by atoms with Crippen molar-refractivity contribution in [3.05, 3.63) is 78.4 Å². The van der Waals surface area contributed by atoms with E-state index < -0.39 is 5.82 Å². The number of nitrogens with zero attached hydrogens (tertiary/aromatic N) is 6. The molecule has 0 unspecified atom stereocenters. The Morgan fingerprint density at radius 1 is 1.04 bits per heavy atom. The van der Waals surface area contributed by atoms with E-state index in [2.05, 4.69) is 26.3 Å². The Bertz CT molecular complexity index is 1320. The van der Waals surface area contributed by atoms with E-state index in [1.54, 1.807) is 21.5 Å². The molecule has 28 heavy (non-hydrogen) atoms. The molecule has 4 heterocycles. The van der Waals surface area contributed by atoms with Crippen LogP contribution in [0.15, 0.2) is 61.2 Å². The maximum absolute atomic E-state index is 14.7. The van der Waals surface area contributed by atoms with Crippen LogP contribution in [0, 0.1) is 5.82 Å². The van der Waals surface area contributed by atoms with Gasteiger partial charge < -0.3 is 0 Å². The fourth-order valence-electron chi connectivity index (χ4n) is 3.51. The minimum absolute atomic E-state index is 0.0665. The topological polar surface area (TPSA) is 60.9 Å². The smallest absolute Gasteiger partial charge is 0.196 e. The fourth-order valence-corrected chi connectivity index (χ4v) is 3.51. The molecule has 138 valence electrons. The predicted molar refractivity (Wildman–Crippen MR) is 104 cm³/mol. The molecule has 1 aromatic carbocycles. The largest absolute Gasteiger partial charge is 0.283 e. The summed E-state index contributed by atoms with van der Waals surface area (Å²) in [5.41, 5.74) is 3.80. The monoisotopic (exact) mass is 372 g/mol. The molecule has 0 aliphatic heterocycles. The third-order valence-electron chi connectivity index (χ3n) is 5.04. The molecule has 5 rings (SSSR count). The zero-order valence-corrected chi connectivity index (χ0v) is 15.4. The highest BCUT2D eigenvalue weighted by Gasteiger charge is 2.19. The summed E-state index contributed by atoms with van der Waals surface area (Å²) in [5, 5.41) is 13.6. The number of benzene rings is 1. The lowest BCUT2D eigenvalue weighted by Crippen LogP contribution is -2.03. The first-order chi connectivity index (χ1) is 13.6. The number of aromatic nitrogens is 6. The van der Waals surface area contributed by atoms with Crippen molar-refractivity contribution in [3.63, 3.8) is 0 Å². The summed E-state index contributed by atoms with van der Waals surface area (Å²) in [6, 6.07) is 11.5. The van der Waals surface area contributed by atoms with Crippen molar-refractivity contribution in [2.75, 3.05) is 0 Å². The number of pyridine rings is 2. The van der Waals surface area contributed by atoms with Gasteiger partial charge in [-0.3, -0.25) is 14.1 Å². The van der Waals surface area contributed by atoms with Crippen molar-refractivity contribution in [3.8, 4) is 11.1 Å². The van der Waals surface area contributed by atoms with Crippen molar-refractivity contribution in [2.45, 2.75) is 12.8 Å². The third-order valence-corrected chi connectivity index (χ3v) is 5.04. The van der Waals surface area contributed by atoms with Gasteiger partial charge in [-0.1, -0.05) is 19.1 Å². The number of hydrogen-bond donors (Lipinski definition) is 0. The Balaban J connectivity index is 1.64. The van der Waals surface area contributed by atoms with Crippen LogP contribution < -0.4 is 0 Å². The van der Waals surface area contributed by atoms with Gasteiger partial charge in [0.05, 0.1) is 11.7 Å². The summed E-state index contributed by atoms with van der Waals surface area (Å²) >= 11 is 0. The second-order valence-corrected chi connectivity index (χ2v) is 6.91. The molecule has 7 heteroatoms. The van der Waals surface area contributed by atoms with E-state index >= 15 is 0 Å². The Hall–Kier alpha value is -3.61. The highest BCUT2D eigenvalue weighted by Crippen LogP contribution is 2.28. The van der Waals surface area contributed by atoms with Crippen LogP contribution in [0.5, 0.6) is 0 Å². The summed E-state index contributed by atoms with van der Waals surface area (Å²) in [7, 11) is 1.83. The molecule has 0 fully saturated rings. The summed E-state index contributed by atoms with van der Waals surface area (Å²) in [5.74, 6) is 0.209. The van der Waals surface area contributed by atoms with Crippen LogP contribution in [0.1, 0.15) is 24.2 Å². The molecule has 0 radical (unpaired) electrons. The second-order valence-electron chi connectivity index (χ2n) is 6.91. The van der Waals surface area contributed by atoms with Crippen LogP contribution in [-0.4, -0.2) is 29.4 Å². The van der Waals surface area contributed by atoms with Gasteiger partial charge in [0.1, 0.15) is 5.82 Å². The quantitative estimate of drug-likeness (QED) is 0.481. The molecule has 0 saturated carbocycles. The number of fused-ring (bicyclic) bond motifs is 2. The summed E-state index contributed by atoms with van der Waals surface area (Å²) in [4.78, 5) is 4.36. The Morgan fingerprint density at radius 2 is 1.93 bits per heavy atom. The van der Waals surface area contributed by atoms with Crippen LogP contribution in [0.2, 0.25) is 0 Å². The highest BCUT2D eigenvalue weighted by molar-refractivity contribution is 5.79. The minimum Gasteiger partial charge on any atom is -0.283 e. The van der Waals surface area contributed by atoms with E-state index in [-0.39, 0.29) is 11.6 Å². The van der Waals surface area contributed by atoms with Crippen molar-refractivity contribution < 1.29 is 4.39 Å². The summed E-state index contributed by atoms with van der Waals surface area (Å²) in [6.07, 6.45) is 7.21. The van der Waals surface area contributed by atoms with Crippen LogP contribution in [0.3, 0.4) is 0 Å². The van der Waals surface area contributed by atoms with Crippen molar-refractivity contribution >= 4 is 16.6 Å². The normalized spacial score (nSPS) is 12.7. The lowest BCUT2D eigenvalue weighted by molar-refractivity contribution is 0.629. The predicted octanol–water partition coefficient (Wildman–Crippen LogP) is 3.97. The van der Waals surface area contributed by atoms with Gasteiger partial charge in [0.15, 0.2) is 11.5 Å². The first-order valence-corrected chi connectivity index (χ1v) is 8.98. The minimum atomic E-state index is -0.407. The molecule has 0 N–H and O–H groups in total. The molecule has 0 saturated heterocycles. The maximum Gasteiger partial charge on any atom is 0.196 e. The van der Waals surface area contributed by atoms with Gasteiger partial charge in [0, 0.05) is 48.1 Å². The summed E-state index contributed by atoms with van der Waals surface area (Å²) in [6.45, 7) is 2.04. The standard InChI is InChI=1S/C21H17FN6/c1-13(14-5-6-19-15(8-14)4-3-7-23-19)20-25-26-21-18(22)9-16(12-28(20)21)17-10-24-27(2)11-17/h3-13H,1-2H3/t13-/m0/s1. The van der Waals surface area contributed by atoms with Crippen LogP contribution >= 0.6 is 0 Å². The Morgan fingerprint density at radius 3 is 2.75 bits per heavy atom. The molecule has 0 amide bonds. The van der Waals surface area contributed by atoms with Gasteiger partial charge in [-0.2, -0.15) is 5.10 Å². The highest BCUT2D eigenvalue weighted by atomic mass is 19.1. The van der Waals surface area contributed by atoms with Gasteiger partial charge in [-0.05, 0) is 29.8 Å².